The number of hydrogen-bond donors (Lipinski definition) is 0. The van der Waals surface area contributed by atoms with Crippen molar-refractivity contribution < 1.29 is 9.15 Å². The molecule has 2 rings (SSSR count). The lowest BCUT2D eigenvalue weighted by atomic mass is 10.1. The summed E-state index contributed by atoms with van der Waals surface area (Å²) in [5, 5.41) is 4.15. The molecule has 1 aliphatic rings. The molecule has 1 saturated heterocycles. The molecule has 1 unspecified atom stereocenters. The summed E-state index contributed by atoms with van der Waals surface area (Å²) in [5.41, 5.74) is 0. The molecule has 1 fully saturated rings. The highest BCUT2D eigenvalue weighted by Gasteiger charge is 2.18. The fourth-order valence-corrected chi connectivity index (χ4v) is 1.95. The van der Waals surface area contributed by atoms with Crippen molar-refractivity contribution in [1.29, 1.82) is 0 Å². The quantitative estimate of drug-likeness (QED) is 0.777. The van der Waals surface area contributed by atoms with Gasteiger partial charge in [0.15, 0.2) is 0 Å². The van der Waals surface area contributed by atoms with Gasteiger partial charge in [0.05, 0.1) is 12.5 Å². The maximum absolute atomic E-state index is 11.4. The number of hydrogen-bond acceptors (Lipinski definition) is 4. The number of ether oxygens (including phenoxy) is 1. The first-order valence-corrected chi connectivity index (χ1v) is 5.98. The minimum Gasteiger partial charge on any atom is -0.392 e. The van der Waals surface area contributed by atoms with Crippen LogP contribution >= 0.6 is 0 Å². The van der Waals surface area contributed by atoms with Gasteiger partial charge in [0.1, 0.15) is 0 Å². The second kappa shape index (κ2) is 5.30. The largest absolute Gasteiger partial charge is 0.437 e. The van der Waals surface area contributed by atoms with E-state index in [0.717, 1.165) is 25.9 Å². The fraction of sp³-hybridized carbons (Fsp3) is 0.818. The summed E-state index contributed by atoms with van der Waals surface area (Å²) in [6.07, 6.45) is 5.01. The van der Waals surface area contributed by atoms with Crippen molar-refractivity contribution in [3.63, 3.8) is 0 Å². The zero-order valence-electron chi connectivity index (χ0n) is 9.65. The van der Waals surface area contributed by atoms with E-state index in [1.54, 1.807) is 0 Å². The molecule has 0 radical (unpaired) electrons. The van der Waals surface area contributed by atoms with E-state index in [9.17, 15) is 4.79 Å². The zero-order valence-corrected chi connectivity index (χ0v) is 9.65. The van der Waals surface area contributed by atoms with Gasteiger partial charge < -0.3 is 9.15 Å². The minimum atomic E-state index is -0.354. The number of aromatic nitrogens is 2. The molecule has 0 saturated carbocycles. The number of rotatable bonds is 4. The first kappa shape index (κ1) is 11.4. The van der Waals surface area contributed by atoms with Crippen LogP contribution in [0.15, 0.2) is 9.21 Å². The van der Waals surface area contributed by atoms with Gasteiger partial charge in [-0.3, -0.25) is 0 Å². The molecular weight excluding hydrogens is 208 g/mol. The Kier molecular flexibility index (Phi) is 3.77. The van der Waals surface area contributed by atoms with Crippen LogP contribution in [0.2, 0.25) is 0 Å². The highest BCUT2D eigenvalue weighted by atomic mass is 16.5. The summed E-state index contributed by atoms with van der Waals surface area (Å²) >= 11 is 0. The monoisotopic (exact) mass is 226 g/mol. The maximum Gasteiger partial charge on any atom is 0.437 e. The van der Waals surface area contributed by atoms with E-state index in [1.807, 2.05) is 6.92 Å². The minimum absolute atomic E-state index is 0.168. The molecule has 1 aromatic heterocycles. The van der Waals surface area contributed by atoms with E-state index >= 15 is 0 Å². The molecule has 0 N–H and O–H groups in total. The van der Waals surface area contributed by atoms with Crippen LogP contribution in [-0.2, 0) is 17.7 Å². The van der Waals surface area contributed by atoms with E-state index in [2.05, 4.69) is 5.10 Å². The Labute approximate surface area is 94.4 Å². The third-order valence-corrected chi connectivity index (χ3v) is 2.76. The Bertz CT molecular complexity index is 377. The van der Waals surface area contributed by atoms with E-state index < -0.39 is 0 Å². The molecule has 16 heavy (non-hydrogen) atoms. The van der Waals surface area contributed by atoms with Crippen LogP contribution < -0.4 is 5.76 Å². The van der Waals surface area contributed by atoms with Crippen molar-refractivity contribution >= 4 is 0 Å². The average Bonchev–Trinajstić information content (AvgIpc) is 2.61. The Morgan fingerprint density at radius 2 is 2.38 bits per heavy atom. The van der Waals surface area contributed by atoms with E-state index in [1.165, 1.54) is 11.1 Å². The predicted octanol–water partition coefficient (Wildman–Crippen LogP) is 1.36. The van der Waals surface area contributed by atoms with Crippen molar-refractivity contribution in [2.75, 3.05) is 6.61 Å². The van der Waals surface area contributed by atoms with Crippen molar-refractivity contribution in [1.82, 2.24) is 9.78 Å². The van der Waals surface area contributed by atoms with E-state index in [4.69, 9.17) is 9.15 Å². The van der Waals surface area contributed by atoms with Crippen molar-refractivity contribution in [2.24, 2.45) is 0 Å². The van der Waals surface area contributed by atoms with Crippen LogP contribution in [0.25, 0.3) is 0 Å². The van der Waals surface area contributed by atoms with Gasteiger partial charge in [0.25, 0.3) is 0 Å². The summed E-state index contributed by atoms with van der Waals surface area (Å²) in [5.74, 6) is 0.151. The van der Waals surface area contributed by atoms with Gasteiger partial charge in [-0.05, 0) is 25.7 Å². The van der Waals surface area contributed by atoms with Crippen LogP contribution in [0.3, 0.4) is 0 Å². The SMILES string of the molecule is CCCn1nc(CC2CCCCO2)oc1=O. The molecule has 0 amide bonds. The summed E-state index contributed by atoms with van der Waals surface area (Å²) in [7, 11) is 0. The smallest absolute Gasteiger partial charge is 0.392 e. The predicted molar refractivity (Wildman–Crippen MR) is 58.3 cm³/mol. The van der Waals surface area contributed by atoms with Gasteiger partial charge in [-0.1, -0.05) is 6.92 Å². The van der Waals surface area contributed by atoms with E-state index in [0.29, 0.717) is 18.9 Å². The lowest BCUT2D eigenvalue weighted by Crippen LogP contribution is -2.21. The molecule has 1 aromatic rings. The second-order valence-electron chi connectivity index (χ2n) is 4.18. The van der Waals surface area contributed by atoms with E-state index in [-0.39, 0.29) is 11.9 Å². The standard InChI is InChI=1S/C11H18N2O3/c1-2-6-13-11(14)16-10(12-13)8-9-5-3-4-7-15-9/h9H,2-8H2,1H3. The van der Waals surface area contributed by atoms with Crippen molar-refractivity contribution in [3.05, 3.63) is 16.4 Å². The van der Waals surface area contributed by atoms with Crippen LogP contribution in [0.5, 0.6) is 0 Å². The van der Waals surface area contributed by atoms with Gasteiger partial charge in [0, 0.05) is 13.2 Å². The topological polar surface area (TPSA) is 57.3 Å². The molecule has 5 heteroatoms. The first-order chi connectivity index (χ1) is 7.79. The molecular formula is C11H18N2O3. The molecule has 1 atom stereocenters. The highest BCUT2D eigenvalue weighted by Crippen LogP contribution is 2.15. The lowest BCUT2D eigenvalue weighted by molar-refractivity contribution is 0.0130. The third kappa shape index (κ3) is 2.72. The van der Waals surface area contributed by atoms with Crippen LogP contribution in [0.4, 0.5) is 0 Å². The lowest BCUT2D eigenvalue weighted by Gasteiger charge is -2.20. The number of aryl methyl sites for hydroxylation is 1. The zero-order chi connectivity index (χ0) is 11.4. The molecule has 0 bridgehead atoms. The van der Waals surface area contributed by atoms with Crippen molar-refractivity contribution in [2.45, 2.75) is 51.7 Å². The molecule has 0 aliphatic carbocycles. The van der Waals surface area contributed by atoms with Crippen molar-refractivity contribution in [3.8, 4) is 0 Å². The molecule has 0 spiro atoms. The highest BCUT2D eigenvalue weighted by molar-refractivity contribution is 4.81. The summed E-state index contributed by atoms with van der Waals surface area (Å²) in [6.45, 7) is 3.43. The van der Waals surface area contributed by atoms with Gasteiger partial charge >= 0.3 is 5.76 Å². The first-order valence-electron chi connectivity index (χ1n) is 5.98. The molecule has 0 aromatic carbocycles. The van der Waals surface area contributed by atoms with Crippen LogP contribution in [0, 0.1) is 0 Å². The van der Waals surface area contributed by atoms with Crippen LogP contribution in [0.1, 0.15) is 38.5 Å². The average molecular weight is 226 g/mol. The summed E-state index contributed by atoms with van der Waals surface area (Å²) in [6, 6.07) is 0. The fourth-order valence-electron chi connectivity index (χ4n) is 1.95. The van der Waals surface area contributed by atoms with Crippen LogP contribution in [-0.4, -0.2) is 22.5 Å². The second-order valence-corrected chi connectivity index (χ2v) is 4.18. The molecule has 90 valence electrons. The summed E-state index contributed by atoms with van der Waals surface area (Å²) in [4.78, 5) is 11.4. The Morgan fingerprint density at radius 3 is 3.06 bits per heavy atom. The molecule has 1 aliphatic heterocycles. The Balaban J connectivity index is 1.98. The summed E-state index contributed by atoms with van der Waals surface area (Å²) < 4.78 is 12.1. The molecule has 5 nitrogen and oxygen atoms in total. The maximum atomic E-state index is 11.4. The Morgan fingerprint density at radius 1 is 1.50 bits per heavy atom. The number of nitrogens with zero attached hydrogens (tertiary/aromatic N) is 2. The third-order valence-electron chi connectivity index (χ3n) is 2.76. The normalized spacial score (nSPS) is 21.2. The Hall–Kier alpha value is -1.10. The molecule has 2 heterocycles. The van der Waals surface area contributed by atoms with Gasteiger partial charge in [-0.15, -0.1) is 5.10 Å². The van der Waals surface area contributed by atoms with Gasteiger partial charge in [-0.2, -0.15) is 4.68 Å². The van der Waals surface area contributed by atoms with Gasteiger partial charge in [0.2, 0.25) is 5.89 Å². The van der Waals surface area contributed by atoms with Gasteiger partial charge in [-0.25, -0.2) is 4.79 Å².